The quantitative estimate of drug-likeness (QED) is 0.864. The van der Waals surface area contributed by atoms with E-state index in [2.05, 4.69) is 4.98 Å². The van der Waals surface area contributed by atoms with Crippen LogP contribution < -0.4 is 10.4 Å². The third kappa shape index (κ3) is 3.28. The van der Waals surface area contributed by atoms with Gasteiger partial charge in [0.15, 0.2) is 0 Å². The minimum Gasteiger partial charge on any atom is -0.471 e. The van der Waals surface area contributed by atoms with Crippen LogP contribution in [0.4, 0.5) is 0 Å². The van der Waals surface area contributed by atoms with Gasteiger partial charge in [-0.05, 0) is 12.5 Å². The first-order valence-corrected chi connectivity index (χ1v) is 7.74. The molecular formula is C17H20N2O4. The van der Waals surface area contributed by atoms with Crippen molar-refractivity contribution in [1.82, 2.24) is 9.55 Å². The van der Waals surface area contributed by atoms with Crippen LogP contribution in [0.3, 0.4) is 0 Å². The number of ether oxygens (including phenoxy) is 2. The van der Waals surface area contributed by atoms with E-state index in [1.807, 2.05) is 37.3 Å². The summed E-state index contributed by atoms with van der Waals surface area (Å²) in [6.45, 7) is 2.47. The van der Waals surface area contributed by atoms with E-state index in [9.17, 15) is 9.90 Å². The Hall–Kier alpha value is -2.18. The van der Waals surface area contributed by atoms with E-state index in [-0.39, 0.29) is 25.1 Å². The van der Waals surface area contributed by atoms with Crippen LogP contribution in [0.15, 0.2) is 35.1 Å². The van der Waals surface area contributed by atoms with Crippen molar-refractivity contribution in [2.75, 3.05) is 13.2 Å². The molecule has 0 saturated heterocycles. The highest BCUT2D eigenvalue weighted by molar-refractivity contribution is 5.38. The summed E-state index contributed by atoms with van der Waals surface area (Å²) in [4.78, 5) is 16.3. The van der Waals surface area contributed by atoms with Gasteiger partial charge in [-0.3, -0.25) is 4.57 Å². The van der Waals surface area contributed by atoms with Crippen LogP contribution in [0.25, 0.3) is 0 Å². The van der Waals surface area contributed by atoms with Gasteiger partial charge in [0.2, 0.25) is 5.88 Å². The fraction of sp³-hybridized carbons (Fsp3) is 0.412. The highest BCUT2D eigenvalue weighted by atomic mass is 16.5. The molecule has 0 amide bonds. The summed E-state index contributed by atoms with van der Waals surface area (Å²) in [5.41, 5.74) is 2.43. The zero-order valence-electron chi connectivity index (χ0n) is 13.1. The van der Waals surface area contributed by atoms with E-state index >= 15 is 0 Å². The van der Waals surface area contributed by atoms with Crippen LogP contribution >= 0.6 is 0 Å². The summed E-state index contributed by atoms with van der Waals surface area (Å²) in [7, 11) is 0. The largest absolute Gasteiger partial charge is 0.471 e. The SMILES string of the molecule is CCOCn1c(Cc2ccccc2)c2c(nc1=O)OC(CO)C2. The number of aromatic nitrogens is 2. The van der Waals surface area contributed by atoms with Gasteiger partial charge in [-0.1, -0.05) is 30.3 Å². The Balaban J connectivity index is 2.04. The Labute approximate surface area is 134 Å². The fourth-order valence-electron chi connectivity index (χ4n) is 2.76. The highest BCUT2D eigenvalue weighted by Crippen LogP contribution is 2.29. The van der Waals surface area contributed by atoms with Gasteiger partial charge in [-0.25, -0.2) is 4.79 Å². The number of rotatable bonds is 6. The summed E-state index contributed by atoms with van der Waals surface area (Å²) >= 11 is 0. The zero-order valence-corrected chi connectivity index (χ0v) is 13.1. The molecule has 1 aromatic heterocycles. The molecule has 2 aromatic rings. The number of aliphatic hydroxyl groups is 1. The van der Waals surface area contributed by atoms with Crippen LogP contribution in [0.2, 0.25) is 0 Å². The monoisotopic (exact) mass is 316 g/mol. The van der Waals surface area contributed by atoms with E-state index in [0.29, 0.717) is 25.3 Å². The van der Waals surface area contributed by atoms with E-state index in [1.54, 1.807) is 4.57 Å². The molecular weight excluding hydrogens is 296 g/mol. The maximum atomic E-state index is 12.3. The second kappa shape index (κ2) is 6.93. The maximum Gasteiger partial charge on any atom is 0.352 e. The number of hydrogen-bond donors (Lipinski definition) is 1. The fourth-order valence-corrected chi connectivity index (χ4v) is 2.76. The molecule has 1 unspecified atom stereocenters. The normalized spacial score (nSPS) is 16.2. The van der Waals surface area contributed by atoms with Gasteiger partial charge in [0, 0.05) is 30.7 Å². The number of hydrogen-bond acceptors (Lipinski definition) is 5. The molecule has 1 atom stereocenters. The van der Waals surface area contributed by atoms with Gasteiger partial charge in [-0.2, -0.15) is 4.98 Å². The maximum absolute atomic E-state index is 12.3. The van der Waals surface area contributed by atoms with E-state index in [4.69, 9.17) is 9.47 Å². The van der Waals surface area contributed by atoms with E-state index in [0.717, 1.165) is 16.8 Å². The lowest BCUT2D eigenvalue weighted by atomic mass is 10.0. The third-order valence-electron chi connectivity index (χ3n) is 3.91. The van der Waals surface area contributed by atoms with Gasteiger partial charge in [0.1, 0.15) is 12.8 Å². The molecule has 3 rings (SSSR count). The molecule has 0 spiro atoms. The Bertz CT molecular complexity index is 727. The minimum absolute atomic E-state index is 0.0964. The molecule has 1 aromatic carbocycles. The van der Waals surface area contributed by atoms with Crippen molar-refractivity contribution in [2.24, 2.45) is 0 Å². The van der Waals surface area contributed by atoms with Crippen molar-refractivity contribution in [1.29, 1.82) is 0 Å². The van der Waals surface area contributed by atoms with E-state index < -0.39 is 0 Å². The first kappa shape index (κ1) is 15.7. The molecule has 0 fully saturated rings. The Morgan fingerprint density at radius 2 is 2.17 bits per heavy atom. The van der Waals surface area contributed by atoms with Crippen molar-refractivity contribution in [3.63, 3.8) is 0 Å². The summed E-state index contributed by atoms with van der Waals surface area (Å²) < 4.78 is 12.5. The van der Waals surface area contributed by atoms with Gasteiger partial charge in [0.05, 0.1) is 6.61 Å². The Morgan fingerprint density at radius 1 is 1.39 bits per heavy atom. The summed E-state index contributed by atoms with van der Waals surface area (Å²) in [6.07, 6.45) is 0.803. The van der Waals surface area contributed by atoms with E-state index in [1.165, 1.54) is 0 Å². The zero-order chi connectivity index (χ0) is 16.2. The molecule has 23 heavy (non-hydrogen) atoms. The predicted molar refractivity (Wildman–Crippen MR) is 84.6 cm³/mol. The lowest BCUT2D eigenvalue weighted by molar-refractivity contribution is 0.0821. The third-order valence-corrected chi connectivity index (χ3v) is 3.91. The lowest BCUT2D eigenvalue weighted by Gasteiger charge is -2.15. The molecule has 1 N–H and O–H groups in total. The molecule has 6 heteroatoms. The lowest BCUT2D eigenvalue weighted by Crippen LogP contribution is -2.28. The molecule has 1 aliphatic rings. The molecule has 0 radical (unpaired) electrons. The van der Waals surface area contributed by atoms with Crippen molar-refractivity contribution >= 4 is 0 Å². The van der Waals surface area contributed by atoms with Crippen molar-refractivity contribution < 1.29 is 14.6 Å². The van der Waals surface area contributed by atoms with Gasteiger partial charge in [-0.15, -0.1) is 0 Å². The van der Waals surface area contributed by atoms with Gasteiger partial charge >= 0.3 is 5.69 Å². The minimum atomic E-state index is -0.387. The predicted octanol–water partition coefficient (Wildman–Crippen LogP) is 1.12. The summed E-state index contributed by atoms with van der Waals surface area (Å²) in [5, 5.41) is 9.34. The second-order valence-electron chi connectivity index (χ2n) is 5.46. The molecule has 0 saturated carbocycles. The molecule has 0 aliphatic carbocycles. The number of aliphatic hydroxyl groups excluding tert-OH is 1. The van der Waals surface area contributed by atoms with Gasteiger partial charge in [0.25, 0.3) is 0 Å². The first-order chi connectivity index (χ1) is 11.2. The Kier molecular flexibility index (Phi) is 4.73. The molecule has 2 heterocycles. The second-order valence-corrected chi connectivity index (χ2v) is 5.46. The molecule has 0 bridgehead atoms. The van der Waals surface area contributed by atoms with Crippen LogP contribution in [0.1, 0.15) is 23.7 Å². The van der Waals surface area contributed by atoms with Crippen LogP contribution in [0, 0.1) is 0 Å². The van der Waals surface area contributed by atoms with Crippen molar-refractivity contribution in [3.05, 3.63) is 57.6 Å². The summed E-state index contributed by atoms with van der Waals surface area (Å²) in [5.74, 6) is 0.340. The topological polar surface area (TPSA) is 73.6 Å². The molecule has 6 nitrogen and oxygen atoms in total. The molecule has 1 aliphatic heterocycles. The van der Waals surface area contributed by atoms with Crippen LogP contribution in [0.5, 0.6) is 5.88 Å². The number of fused-ring (bicyclic) bond motifs is 1. The number of nitrogens with zero attached hydrogens (tertiary/aromatic N) is 2. The average Bonchev–Trinajstić information content (AvgIpc) is 2.98. The Morgan fingerprint density at radius 3 is 2.87 bits per heavy atom. The highest BCUT2D eigenvalue weighted by Gasteiger charge is 2.29. The van der Waals surface area contributed by atoms with Crippen LogP contribution in [-0.2, 0) is 24.3 Å². The number of benzene rings is 1. The standard InChI is InChI=1S/C17H20N2O4/c1-2-22-11-19-15(8-12-6-4-3-5-7-12)14-9-13(10-20)23-16(14)18-17(19)21/h3-7,13,20H,2,8-11H2,1H3. The van der Waals surface area contributed by atoms with Gasteiger partial charge < -0.3 is 14.6 Å². The summed E-state index contributed by atoms with van der Waals surface area (Å²) in [6, 6.07) is 9.92. The van der Waals surface area contributed by atoms with Crippen molar-refractivity contribution in [2.45, 2.75) is 32.6 Å². The van der Waals surface area contributed by atoms with Crippen LogP contribution in [-0.4, -0.2) is 34.0 Å². The average molecular weight is 316 g/mol. The molecule has 122 valence electrons. The smallest absolute Gasteiger partial charge is 0.352 e. The van der Waals surface area contributed by atoms with Crippen molar-refractivity contribution in [3.8, 4) is 5.88 Å². The first-order valence-electron chi connectivity index (χ1n) is 7.74.